The minimum atomic E-state index is -0.217. The van der Waals surface area contributed by atoms with Gasteiger partial charge in [-0.05, 0) is 61.4 Å². The maximum Gasteiger partial charge on any atom is 0.267 e. The highest BCUT2D eigenvalue weighted by Crippen LogP contribution is 2.37. The number of benzene rings is 1. The van der Waals surface area contributed by atoms with Gasteiger partial charge in [-0.25, -0.2) is 4.98 Å². The molecule has 2 heterocycles. The molecule has 27 heavy (non-hydrogen) atoms. The molecule has 4 rings (SSSR count). The monoisotopic (exact) mass is 399 g/mol. The number of anilines is 2. The summed E-state index contributed by atoms with van der Waals surface area (Å²) in [6, 6.07) is 7.61. The Morgan fingerprint density at radius 2 is 2.26 bits per heavy atom. The predicted molar refractivity (Wildman–Crippen MR) is 114 cm³/mol. The van der Waals surface area contributed by atoms with Crippen LogP contribution in [0, 0.1) is 12.8 Å². The summed E-state index contributed by atoms with van der Waals surface area (Å²) in [4.78, 5) is 19.0. The van der Waals surface area contributed by atoms with Gasteiger partial charge in [-0.1, -0.05) is 31.0 Å². The lowest BCUT2D eigenvalue weighted by Crippen LogP contribution is -2.14. The van der Waals surface area contributed by atoms with Crippen molar-refractivity contribution in [3.8, 4) is 0 Å². The highest BCUT2D eigenvalue weighted by molar-refractivity contribution is 7.21. The van der Waals surface area contributed by atoms with Gasteiger partial charge < -0.3 is 11.1 Å². The molecule has 0 radical (unpaired) electrons. The Labute approximate surface area is 167 Å². The van der Waals surface area contributed by atoms with Gasteiger partial charge >= 0.3 is 0 Å². The van der Waals surface area contributed by atoms with Crippen LogP contribution in [0.3, 0.4) is 0 Å². The fourth-order valence-electron chi connectivity index (χ4n) is 3.70. The maximum absolute atomic E-state index is 12.8. The van der Waals surface area contributed by atoms with Gasteiger partial charge in [0.05, 0.1) is 5.69 Å². The van der Waals surface area contributed by atoms with Crippen molar-refractivity contribution in [1.29, 1.82) is 0 Å². The Morgan fingerprint density at radius 3 is 3.04 bits per heavy atom. The number of thiophene rings is 1. The standard InChI is InChI=1S/C21H22ClN3OS/c1-3-12-7-8-17-13(9-12)10-14-18(23)19(27-21(14)25-17)20(26)24-16-6-4-5-15(22)11(16)2/h4-6,10,12H,3,7-9,23H2,1-2H3,(H,24,26)/t12-/m0/s1. The fourth-order valence-corrected chi connectivity index (χ4v) is 4.87. The minimum Gasteiger partial charge on any atom is -0.397 e. The number of nitrogen functional groups attached to an aromatic ring is 1. The molecule has 0 spiro atoms. The van der Waals surface area contributed by atoms with Crippen LogP contribution in [0.15, 0.2) is 24.3 Å². The molecule has 2 aromatic heterocycles. The van der Waals surface area contributed by atoms with Crippen molar-refractivity contribution in [2.24, 2.45) is 5.92 Å². The maximum atomic E-state index is 12.8. The van der Waals surface area contributed by atoms with Crippen molar-refractivity contribution < 1.29 is 4.79 Å². The first kappa shape index (κ1) is 18.3. The molecule has 0 saturated heterocycles. The number of carbonyl (C=O) groups is 1. The molecule has 1 aromatic carbocycles. The van der Waals surface area contributed by atoms with Crippen molar-refractivity contribution in [3.05, 3.63) is 51.0 Å². The second-order valence-electron chi connectivity index (χ2n) is 7.18. The number of hydrogen-bond donors (Lipinski definition) is 2. The van der Waals surface area contributed by atoms with Gasteiger partial charge in [-0.2, -0.15) is 0 Å². The summed E-state index contributed by atoms with van der Waals surface area (Å²) in [6.07, 6.45) is 4.42. The van der Waals surface area contributed by atoms with E-state index < -0.39 is 0 Å². The van der Waals surface area contributed by atoms with E-state index in [1.807, 2.05) is 19.1 Å². The summed E-state index contributed by atoms with van der Waals surface area (Å²) in [5.74, 6) is 0.496. The summed E-state index contributed by atoms with van der Waals surface area (Å²) in [6.45, 7) is 4.12. The molecular weight excluding hydrogens is 378 g/mol. The highest BCUT2D eigenvalue weighted by atomic mass is 35.5. The fraction of sp³-hybridized carbons (Fsp3) is 0.333. The molecular formula is C21H22ClN3OS. The molecule has 1 aliphatic rings. The Kier molecular flexibility index (Phi) is 4.82. The van der Waals surface area contributed by atoms with Crippen molar-refractivity contribution >= 4 is 50.4 Å². The number of pyridine rings is 1. The Bertz CT molecular complexity index is 1040. The second kappa shape index (κ2) is 7.13. The number of fused-ring (bicyclic) bond motifs is 2. The Hall–Kier alpha value is -2.11. The Morgan fingerprint density at radius 1 is 1.44 bits per heavy atom. The van der Waals surface area contributed by atoms with E-state index in [0.29, 0.717) is 27.2 Å². The van der Waals surface area contributed by atoms with Gasteiger partial charge in [0, 0.05) is 21.8 Å². The van der Waals surface area contributed by atoms with E-state index in [0.717, 1.165) is 34.3 Å². The van der Waals surface area contributed by atoms with Crippen LogP contribution in [-0.2, 0) is 12.8 Å². The average molecular weight is 400 g/mol. The van der Waals surface area contributed by atoms with Crippen LogP contribution in [0.25, 0.3) is 10.2 Å². The smallest absolute Gasteiger partial charge is 0.267 e. The molecule has 140 valence electrons. The lowest BCUT2D eigenvalue weighted by Gasteiger charge is -2.22. The van der Waals surface area contributed by atoms with Gasteiger partial charge in [0.1, 0.15) is 9.71 Å². The first-order chi connectivity index (χ1) is 13.0. The summed E-state index contributed by atoms with van der Waals surface area (Å²) in [5, 5.41) is 4.45. The van der Waals surface area contributed by atoms with E-state index in [1.54, 1.807) is 6.07 Å². The van der Waals surface area contributed by atoms with Crippen LogP contribution in [0.2, 0.25) is 5.02 Å². The van der Waals surface area contributed by atoms with Crippen molar-refractivity contribution in [1.82, 2.24) is 4.98 Å². The number of nitrogens with one attached hydrogen (secondary N) is 1. The molecule has 3 N–H and O–H groups in total. The van der Waals surface area contributed by atoms with Crippen LogP contribution >= 0.6 is 22.9 Å². The van der Waals surface area contributed by atoms with E-state index in [4.69, 9.17) is 22.3 Å². The van der Waals surface area contributed by atoms with Gasteiger partial charge in [0.15, 0.2) is 0 Å². The van der Waals surface area contributed by atoms with Crippen molar-refractivity contribution in [2.75, 3.05) is 11.1 Å². The Balaban J connectivity index is 1.69. The summed E-state index contributed by atoms with van der Waals surface area (Å²) in [5.41, 5.74) is 10.8. The largest absolute Gasteiger partial charge is 0.397 e. The molecule has 0 aliphatic heterocycles. The number of nitrogens with two attached hydrogens (primary N) is 1. The summed E-state index contributed by atoms with van der Waals surface area (Å²) >= 11 is 7.51. The second-order valence-corrected chi connectivity index (χ2v) is 8.58. The molecule has 1 amide bonds. The molecule has 6 heteroatoms. The minimum absolute atomic E-state index is 0.217. The molecule has 1 aliphatic carbocycles. The van der Waals surface area contributed by atoms with Gasteiger partial charge in [0.25, 0.3) is 5.91 Å². The zero-order valence-electron chi connectivity index (χ0n) is 15.4. The first-order valence-corrected chi connectivity index (χ1v) is 10.4. The summed E-state index contributed by atoms with van der Waals surface area (Å²) < 4.78 is 0. The molecule has 1 atom stereocenters. The topological polar surface area (TPSA) is 68.0 Å². The van der Waals surface area contributed by atoms with Crippen LogP contribution in [-0.4, -0.2) is 10.9 Å². The molecule has 0 bridgehead atoms. The predicted octanol–water partition coefficient (Wildman–Crippen LogP) is 5.61. The molecule has 0 fully saturated rings. The van der Waals surface area contributed by atoms with Crippen molar-refractivity contribution in [2.45, 2.75) is 39.5 Å². The van der Waals surface area contributed by atoms with Crippen LogP contribution in [0.1, 0.15) is 46.3 Å². The number of aryl methyl sites for hydroxylation is 1. The summed E-state index contributed by atoms with van der Waals surface area (Å²) in [7, 11) is 0. The molecule has 0 unspecified atom stereocenters. The van der Waals surface area contributed by atoms with Crippen LogP contribution in [0.4, 0.5) is 11.4 Å². The van der Waals surface area contributed by atoms with Gasteiger partial charge in [-0.3, -0.25) is 4.79 Å². The molecule has 3 aromatic rings. The third-order valence-electron chi connectivity index (χ3n) is 5.49. The normalized spacial score (nSPS) is 16.3. The number of carbonyl (C=O) groups excluding carboxylic acids is 1. The molecule has 4 nitrogen and oxygen atoms in total. The quantitative estimate of drug-likeness (QED) is 0.601. The van der Waals surface area contributed by atoms with E-state index in [-0.39, 0.29) is 5.91 Å². The van der Waals surface area contributed by atoms with Gasteiger partial charge in [-0.15, -0.1) is 11.3 Å². The van der Waals surface area contributed by atoms with E-state index >= 15 is 0 Å². The van der Waals surface area contributed by atoms with E-state index in [2.05, 4.69) is 18.3 Å². The van der Waals surface area contributed by atoms with E-state index in [9.17, 15) is 4.79 Å². The van der Waals surface area contributed by atoms with Crippen molar-refractivity contribution in [3.63, 3.8) is 0 Å². The number of nitrogens with zero attached hydrogens (tertiary/aromatic N) is 1. The number of hydrogen-bond acceptors (Lipinski definition) is 4. The number of amides is 1. The molecule has 0 saturated carbocycles. The van der Waals surface area contributed by atoms with Crippen LogP contribution < -0.4 is 11.1 Å². The third-order valence-corrected chi connectivity index (χ3v) is 7.01. The van der Waals surface area contributed by atoms with Crippen LogP contribution in [0.5, 0.6) is 0 Å². The van der Waals surface area contributed by atoms with Gasteiger partial charge in [0.2, 0.25) is 0 Å². The SMILES string of the molecule is CC[C@H]1CCc2nc3sc(C(=O)Nc4cccc(Cl)c4C)c(N)c3cc2C1. The number of aromatic nitrogens is 1. The lowest BCUT2D eigenvalue weighted by atomic mass is 9.85. The van der Waals surface area contributed by atoms with E-state index in [1.165, 1.54) is 29.7 Å². The average Bonchev–Trinajstić information content (AvgIpc) is 2.99. The lowest BCUT2D eigenvalue weighted by molar-refractivity contribution is 0.103. The number of rotatable bonds is 3. The highest BCUT2D eigenvalue weighted by Gasteiger charge is 2.23. The first-order valence-electron chi connectivity index (χ1n) is 9.25. The zero-order valence-corrected chi connectivity index (χ0v) is 17.0. The third kappa shape index (κ3) is 3.30. The zero-order chi connectivity index (χ0) is 19.1. The number of halogens is 1.